The number of allylic oxidation sites excluding steroid dienone is 13. The van der Waals surface area contributed by atoms with Gasteiger partial charge in [-0.3, -0.25) is 4.99 Å². The van der Waals surface area contributed by atoms with Gasteiger partial charge in [-0.15, -0.1) is 12.2 Å². The first-order chi connectivity index (χ1) is 15.8. The number of unbranched alkanes of at least 4 members (excludes halogenated alkanes) is 1. The summed E-state index contributed by atoms with van der Waals surface area (Å²) in [5, 5.41) is 4.71. The van der Waals surface area contributed by atoms with Crippen molar-refractivity contribution >= 4 is 6.21 Å². The van der Waals surface area contributed by atoms with Gasteiger partial charge in [0.2, 0.25) is 0 Å². The molecule has 0 atom stereocenters. The standard InChI is InChI=1S/C30H42N3.K/c1-9-13-14-16-22(5)28(12-4)26(15-10-2)20-29(24(7)31)27-18-17-23(6)30(32-19-11-3)25(8)33-21-27;/h12,14-18,20-21H,4,7,9-11,13,19,31H2,1-3,5-6,8H3;/q-1;+1/b16-14-,18-17?,23-17+,26-15-,27-18+,27-21?,28-22+,29-20+,30-23?,30-25+,33-21+,33-25?;. The maximum Gasteiger partial charge on any atom is 1.00 e. The molecule has 0 bridgehead atoms. The molecule has 0 aromatic carbocycles. The molecule has 0 aromatic rings. The minimum Gasteiger partial charge on any atom is -0.683 e. The Hall–Kier alpha value is -1.43. The largest absolute Gasteiger partial charge is 1.00 e. The van der Waals surface area contributed by atoms with Gasteiger partial charge >= 0.3 is 51.4 Å². The van der Waals surface area contributed by atoms with Crippen molar-refractivity contribution in [3.8, 4) is 0 Å². The molecule has 0 aromatic heterocycles. The molecule has 178 valence electrons. The van der Waals surface area contributed by atoms with Crippen molar-refractivity contribution in [1.82, 2.24) is 0 Å². The Labute approximate surface area is 251 Å². The molecule has 1 rings (SSSR count). The maximum atomic E-state index is 6.28. The van der Waals surface area contributed by atoms with Crippen molar-refractivity contribution in [1.29, 1.82) is 0 Å². The van der Waals surface area contributed by atoms with Crippen LogP contribution in [0.15, 0.2) is 111 Å². The molecule has 0 saturated heterocycles. The second-order valence-electron chi connectivity index (χ2n) is 8.19. The fourth-order valence-electron chi connectivity index (χ4n) is 3.48. The summed E-state index contributed by atoms with van der Waals surface area (Å²) in [6.45, 7) is 21.6. The average Bonchev–Trinajstić information content (AvgIpc) is 2.77. The van der Waals surface area contributed by atoms with Gasteiger partial charge in [0.05, 0.1) is 0 Å². The molecule has 0 spiro atoms. The molecule has 0 unspecified atom stereocenters. The van der Waals surface area contributed by atoms with Crippen LogP contribution in [0.1, 0.15) is 67.2 Å². The van der Waals surface area contributed by atoms with Gasteiger partial charge in [0.15, 0.2) is 0 Å². The zero-order chi connectivity index (χ0) is 24.8. The van der Waals surface area contributed by atoms with Crippen LogP contribution in [0.4, 0.5) is 0 Å². The van der Waals surface area contributed by atoms with E-state index in [4.69, 9.17) is 16.0 Å². The van der Waals surface area contributed by atoms with Crippen LogP contribution in [0.2, 0.25) is 0 Å². The third-order valence-corrected chi connectivity index (χ3v) is 5.26. The number of rotatable bonds is 12. The van der Waals surface area contributed by atoms with Gasteiger partial charge in [-0.05, 0) is 56.4 Å². The maximum absolute atomic E-state index is 6.28. The minimum absolute atomic E-state index is 0. The Morgan fingerprint density at radius 3 is 2.41 bits per heavy atom. The van der Waals surface area contributed by atoms with Crippen LogP contribution < -0.4 is 57.1 Å². The number of nitrogens with two attached hydrogens (primary N) is 1. The average molecular weight is 484 g/mol. The SMILES string of the molecule is C=CC(/C(/C=C(C(=C)N)/C1=C/C=C(C)/C([N-]CCC)=C(C)\N=C\1)=C\CC)=C(C)\C=C/CCC.[K+]. The Balaban J connectivity index is 0.0000109. The van der Waals surface area contributed by atoms with E-state index in [0.29, 0.717) is 5.70 Å². The van der Waals surface area contributed by atoms with Gasteiger partial charge in [-0.25, -0.2) is 0 Å². The van der Waals surface area contributed by atoms with E-state index in [0.717, 1.165) is 71.5 Å². The van der Waals surface area contributed by atoms with Gasteiger partial charge in [-0.1, -0.05) is 88.8 Å². The molecule has 3 nitrogen and oxygen atoms in total. The number of hydrogen-bond acceptors (Lipinski definition) is 2. The van der Waals surface area contributed by atoms with Crippen LogP contribution in [-0.4, -0.2) is 12.8 Å². The van der Waals surface area contributed by atoms with E-state index in [1.54, 1.807) is 0 Å². The number of hydrogen-bond donors (Lipinski definition) is 1. The van der Waals surface area contributed by atoms with Crippen molar-refractivity contribution < 1.29 is 51.4 Å². The first-order valence-electron chi connectivity index (χ1n) is 12.0. The van der Waals surface area contributed by atoms with Gasteiger partial charge in [0.1, 0.15) is 0 Å². The van der Waals surface area contributed by atoms with Crippen LogP contribution in [0, 0.1) is 0 Å². The summed E-state index contributed by atoms with van der Waals surface area (Å²) in [7, 11) is 0. The molecule has 1 heterocycles. The summed E-state index contributed by atoms with van der Waals surface area (Å²) in [5.74, 6) is 0. The molecule has 0 radical (unpaired) electrons. The normalized spacial score (nSPS) is 21.8. The van der Waals surface area contributed by atoms with Crippen molar-refractivity contribution in [2.75, 3.05) is 6.54 Å². The quantitative estimate of drug-likeness (QED) is 0.287. The Kier molecular flexibility index (Phi) is 17.2. The van der Waals surface area contributed by atoms with Crippen LogP contribution in [-0.2, 0) is 0 Å². The van der Waals surface area contributed by atoms with Gasteiger partial charge in [0, 0.05) is 28.8 Å². The molecule has 0 fully saturated rings. The Bertz CT molecular complexity index is 963. The molecular formula is C30H42KN3. The fraction of sp³-hybridized carbons (Fsp3) is 0.367. The predicted molar refractivity (Wildman–Crippen MR) is 148 cm³/mol. The summed E-state index contributed by atoms with van der Waals surface area (Å²) in [5.41, 5.74) is 14.8. The van der Waals surface area contributed by atoms with Gasteiger partial charge in [0.25, 0.3) is 0 Å². The molecule has 0 amide bonds. The molecule has 1 aliphatic heterocycles. The third-order valence-electron chi connectivity index (χ3n) is 5.26. The second kappa shape index (κ2) is 17.9. The molecule has 4 heteroatoms. The summed E-state index contributed by atoms with van der Waals surface area (Å²) in [6.07, 6.45) is 20.7. The monoisotopic (exact) mass is 483 g/mol. The topological polar surface area (TPSA) is 52.5 Å². The fourth-order valence-corrected chi connectivity index (χ4v) is 3.48. The van der Waals surface area contributed by atoms with Crippen LogP contribution in [0.5, 0.6) is 0 Å². The van der Waals surface area contributed by atoms with Crippen LogP contribution >= 0.6 is 0 Å². The van der Waals surface area contributed by atoms with Crippen LogP contribution in [0.3, 0.4) is 0 Å². The summed E-state index contributed by atoms with van der Waals surface area (Å²) in [6, 6.07) is 0. The number of nitrogens with zero attached hydrogens (tertiary/aromatic N) is 2. The first kappa shape index (κ1) is 32.6. The molecule has 2 N–H and O–H groups in total. The van der Waals surface area contributed by atoms with E-state index in [9.17, 15) is 0 Å². The smallest absolute Gasteiger partial charge is 0.683 e. The summed E-state index contributed by atoms with van der Waals surface area (Å²) < 4.78 is 0. The molecule has 0 saturated carbocycles. The van der Waals surface area contributed by atoms with E-state index in [1.807, 2.05) is 25.3 Å². The zero-order valence-electron chi connectivity index (χ0n) is 22.5. The third kappa shape index (κ3) is 10.4. The summed E-state index contributed by atoms with van der Waals surface area (Å²) >= 11 is 0. The van der Waals surface area contributed by atoms with Gasteiger partial charge < -0.3 is 11.1 Å². The minimum atomic E-state index is 0. The summed E-state index contributed by atoms with van der Waals surface area (Å²) in [4.78, 5) is 4.71. The Morgan fingerprint density at radius 1 is 1.15 bits per heavy atom. The molecule has 34 heavy (non-hydrogen) atoms. The van der Waals surface area contributed by atoms with E-state index < -0.39 is 0 Å². The van der Waals surface area contributed by atoms with Crippen molar-refractivity contribution in [3.63, 3.8) is 0 Å². The van der Waals surface area contributed by atoms with Crippen molar-refractivity contribution in [3.05, 3.63) is 112 Å². The number of aliphatic imine (C=N–C) groups is 1. The van der Waals surface area contributed by atoms with E-state index in [2.05, 4.69) is 78.2 Å². The van der Waals surface area contributed by atoms with Crippen molar-refractivity contribution in [2.45, 2.75) is 67.2 Å². The van der Waals surface area contributed by atoms with Crippen LogP contribution in [0.25, 0.3) is 5.32 Å². The molecule has 1 aliphatic rings. The second-order valence-corrected chi connectivity index (χ2v) is 8.19. The van der Waals surface area contributed by atoms with Crippen molar-refractivity contribution in [2.24, 2.45) is 10.7 Å². The van der Waals surface area contributed by atoms with E-state index in [1.165, 1.54) is 5.57 Å². The molecular weight excluding hydrogens is 441 g/mol. The van der Waals surface area contributed by atoms with Gasteiger partial charge in [-0.2, -0.15) is 0 Å². The van der Waals surface area contributed by atoms with E-state index >= 15 is 0 Å². The zero-order valence-corrected chi connectivity index (χ0v) is 25.7. The molecule has 0 aliphatic carbocycles. The first-order valence-corrected chi connectivity index (χ1v) is 12.0. The Morgan fingerprint density at radius 2 is 1.85 bits per heavy atom. The van der Waals surface area contributed by atoms with E-state index in [-0.39, 0.29) is 51.4 Å². The predicted octanol–water partition coefficient (Wildman–Crippen LogP) is 5.56.